The molecule has 0 spiro atoms. The Bertz CT molecular complexity index is 192. The number of ether oxygens (including phenoxy) is 1. The molecule has 0 aliphatic heterocycles. The molecule has 62 valence electrons. The Kier molecular flexibility index (Phi) is 4.18. The molecule has 0 heterocycles. The number of esters is 1. The largest absolute Gasteiger partial charge is 0.434 e. The Morgan fingerprint density at radius 2 is 1.91 bits per heavy atom. The molecule has 0 aromatic heterocycles. The van der Waals surface area contributed by atoms with Crippen LogP contribution in [-0.2, 0) is 14.3 Å². The second kappa shape index (κ2) is 4.66. The molecule has 0 atom stereocenters. The van der Waals surface area contributed by atoms with Crippen molar-refractivity contribution in [1.29, 1.82) is 0 Å². The van der Waals surface area contributed by atoms with Crippen molar-refractivity contribution < 1.29 is 14.3 Å². The van der Waals surface area contributed by atoms with Crippen LogP contribution in [0.3, 0.4) is 0 Å². The maximum Gasteiger partial charge on any atom is 0.307 e. The van der Waals surface area contributed by atoms with Gasteiger partial charge in [-0.25, -0.2) is 0 Å². The Morgan fingerprint density at radius 1 is 1.36 bits per heavy atom. The minimum Gasteiger partial charge on any atom is -0.434 e. The molecule has 0 saturated heterocycles. The lowest BCUT2D eigenvalue weighted by molar-refractivity contribution is -0.135. The van der Waals surface area contributed by atoms with Gasteiger partial charge in [-0.1, -0.05) is 6.92 Å². The number of rotatable bonds is 3. The molecular formula is C8H12O3. The lowest BCUT2D eigenvalue weighted by Crippen LogP contribution is -1.99. The molecule has 0 rings (SSSR count). The van der Waals surface area contributed by atoms with Crippen LogP contribution >= 0.6 is 0 Å². The van der Waals surface area contributed by atoms with E-state index in [0.29, 0.717) is 12.0 Å². The van der Waals surface area contributed by atoms with Crippen molar-refractivity contribution in [1.82, 2.24) is 0 Å². The average Bonchev–Trinajstić information content (AvgIpc) is 1.98. The van der Waals surface area contributed by atoms with Gasteiger partial charge in [0.15, 0.2) is 5.78 Å². The fourth-order valence-electron chi connectivity index (χ4n) is 0.516. The van der Waals surface area contributed by atoms with Gasteiger partial charge >= 0.3 is 5.97 Å². The van der Waals surface area contributed by atoms with Gasteiger partial charge in [-0.2, -0.15) is 0 Å². The van der Waals surface area contributed by atoms with Crippen molar-refractivity contribution in [3.63, 3.8) is 0 Å². The van der Waals surface area contributed by atoms with E-state index in [9.17, 15) is 9.59 Å². The van der Waals surface area contributed by atoms with E-state index in [1.807, 2.05) is 0 Å². The molecule has 0 aliphatic carbocycles. The molecule has 0 unspecified atom stereocenters. The second-order valence-electron chi connectivity index (χ2n) is 2.19. The Hall–Kier alpha value is -1.12. The lowest BCUT2D eigenvalue weighted by atomic mass is 10.2. The van der Waals surface area contributed by atoms with Crippen LogP contribution in [0.25, 0.3) is 0 Å². The van der Waals surface area contributed by atoms with E-state index >= 15 is 0 Å². The Balaban J connectivity index is 4.00. The summed E-state index contributed by atoms with van der Waals surface area (Å²) in [6.45, 7) is 4.67. The molecule has 0 N–H and O–H groups in total. The van der Waals surface area contributed by atoms with E-state index < -0.39 is 5.97 Å². The van der Waals surface area contributed by atoms with Crippen LogP contribution < -0.4 is 0 Å². The zero-order valence-corrected chi connectivity index (χ0v) is 7.01. The van der Waals surface area contributed by atoms with Crippen LogP contribution in [0.2, 0.25) is 0 Å². The third kappa shape index (κ3) is 4.31. The van der Waals surface area contributed by atoms with Gasteiger partial charge in [-0.05, 0) is 6.92 Å². The van der Waals surface area contributed by atoms with Crippen LogP contribution in [0.1, 0.15) is 27.2 Å². The second-order valence-corrected chi connectivity index (χ2v) is 2.19. The zero-order valence-electron chi connectivity index (χ0n) is 7.01. The number of carbonyl (C=O) groups is 2. The number of hydrogen-bond donors (Lipinski definition) is 0. The van der Waals surface area contributed by atoms with Gasteiger partial charge in [0.1, 0.15) is 6.26 Å². The molecule has 0 bridgehead atoms. The Labute approximate surface area is 66.0 Å². The summed E-state index contributed by atoms with van der Waals surface area (Å²) in [6, 6.07) is 0. The first kappa shape index (κ1) is 9.88. The molecule has 0 aromatic carbocycles. The topological polar surface area (TPSA) is 43.4 Å². The minimum absolute atomic E-state index is 0.00810. The molecule has 0 aromatic rings. The molecule has 0 fully saturated rings. The standard InChI is InChI=1S/C8H12O3/c1-4-8(10)6(2)5-11-7(3)9/h5H,4H2,1-3H3. The lowest BCUT2D eigenvalue weighted by Gasteiger charge is -1.96. The van der Waals surface area contributed by atoms with Gasteiger partial charge in [0, 0.05) is 18.9 Å². The number of Topliss-reactive ketones (excluding diaryl/α,β-unsaturated/α-hetero) is 1. The van der Waals surface area contributed by atoms with E-state index in [1.54, 1.807) is 13.8 Å². The van der Waals surface area contributed by atoms with Crippen molar-refractivity contribution in [3.8, 4) is 0 Å². The van der Waals surface area contributed by atoms with Crippen molar-refractivity contribution in [2.75, 3.05) is 0 Å². The maximum atomic E-state index is 10.9. The molecule has 11 heavy (non-hydrogen) atoms. The summed E-state index contributed by atoms with van der Waals surface area (Å²) in [6.07, 6.45) is 1.62. The summed E-state index contributed by atoms with van der Waals surface area (Å²) in [5, 5.41) is 0. The number of hydrogen-bond acceptors (Lipinski definition) is 3. The summed E-state index contributed by atoms with van der Waals surface area (Å²) in [5.41, 5.74) is 0.475. The SMILES string of the molecule is CCC(=O)C(C)=COC(C)=O. The first-order valence-corrected chi connectivity index (χ1v) is 3.45. The number of carbonyl (C=O) groups excluding carboxylic acids is 2. The van der Waals surface area contributed by atoms with Crippen molar-refractivity contribution >= 4 is 11.8 Å². The predicted molar refractivity (Wildman–Crippen MR) is 40.8 cm³/mol. The normalized spacial score (nSPS) is 11.0. The predicted octanol–water partition coefficient (Wildman–Crippen LogP) is 1.43. The fourth-order valence-corrected chi connectivity index (χ4v) is 0.516. The smallest absolute Gasteiger partial charge is 0.307 e. The van der Waals surface area contributed by atoms with Crippen LogP contribution in [0.4, 0.5) is 0 Å². The molecule has 0 amide bonds. The molecule has 0 aliphatic rings. The highest BCUT2D eigenvalue weighted by molar-refractivity contribution is 5.94. The quantitative estimate of drug-likeness (QED) is 0.352. The maximum absolute atomic E-state index is 10.9. The highest BCUT2D eigenvalue weighted by atomic mass is 16.5. The third-order valence-electron chi connectivity index (χ3n) is 1.16. The Morgan fingerprint density at radius 3 is 2.27 bits per heavy atom. The van der Waals surface area contributed by atoms with Gasteiger partial charge in [0.05, 0.1) is 0 Å². The van der Waals surface area contributed by atoms with E-state index in [1.165, 1.54) is 13.2 Å². The van der Waals surface area contributed by atoms with Crippen LogP contribution in [0.5, 0.6) is 0 Å². The highest BCUT2D eigenvalue weighted by Crippen LogP contribution is 1.98. The molecule has 0 radical (unpaired) electrons. The summed E-state index contributed by atoms with van der Waals surface area (Å²) < 4.78 is 4.50. The molecule has 3 nitrogen and oxygen atoms in total. The first-order valence-electron chi connectivity index (χ1n) is 3.45. The molecule has 0 saturated carbocycles. The zero-order chi connectivity index (χ0) is 8.85. The van der Waals surface area contributed by atoms with Crippen molar-refractivity contribution in [3.05, 3.63) is 11.8 Å². The monoisotopic (exact) mass is 156 g/mol. The van der Waals surface area contributed by atoms with Gasteiger partial charge < -0.3 is 4.74 Å². The van der Waals surface area contributed by atoms with Crippen LogP contribution in [0, 0.1) is 0 Å². The van der Waals surface area contributed by atoms with Gasteiger partial charge in [0.25, 0.3) is 0 Å². The van der Waals surface area contributed by atoms with E-state index in [-0.39, 0.29) is 5.78 Å². The van der Waals surface area contributed by atoms with Gasteiger partial charge in [-0.3, -0.25) is 9.59 Å². The molecular weight excluding hydrogens is 144 g/mol. The first-order chi connectivity index (χ1) is 5.07. The summed E-state index contributed by atoms with van der Waals surface area (Å²) in [4.78, 5) is 21.1. The number of ketones is 1. The van der Waals surface area contributed by atoms with Crippen molar-refractivity contribution in [2.24, 2.45) is 0 Å². The fraction of sp³-hybridized carbons (Fsp3) is 0.500. The van der Waals surface area contributed by atoms with Crippen LogP contribution in [0.15, 0.2) is 11.8 Å². The highest BCUT2D eigenvalue weighted by Gasteiger charge is 2.00. The summed E-state index contributed by atoms with van der Waals surface area (Å²) >= 11 is 0. The number of allylic oxidation sites excluding steroid dienone is 1. The average molecular weight is 156 g/mol. The summed E-state index contributed by atoms with van der Waals surface area (Å²) in [7, 11) is 0. The van der Waals surface area contributed by atoms with Crippen LogP contribution in [-0.4, -0.2) is 11.8 Å². The third-order valence-corrected chi connectivity index (χ3v) is 1.16. The summed E-state index contributed by atoms with van der Waals surface area (Å²) in [5.74, 6) is -0.417. The van der Waals surface area contributed by atoms with Crippen molar-refractivity contribution in [2.45, 2.75) is 27.2 Å². The minimum atomic E-state index is -0.409. The van der Waals surface area contributed by atoms with E-state index in [0.717, 1.165) is 0 Å². The van der Waals surface area contributed by atoms with E-state index in [4.69, 9.17) is 0 Å². The van der Waals surface area contributed by atoms with Gasteiger partial charge in [0.2, 0.25) is 0 Å². The van der Waals surface area contributed by atoms with Gasteiger partial charge in [-0.15, -0.1) is 0 Å². The molecule has 3 heteroatoms. The van der Waals surface area contributed by atoms with E-state index in [2.05, 4.69) is 4.74 Å².